The largest absolute Gasteiger partial charge is 0.370 e. The van der Waals surface area contributed by atoms with Gasteiger partial charge in [0, 0.05) is 18.5 Å². The first-order valence-electron chi connectivity index (χ1n) is 6.90. The number of nitrogens with zero attached hydrogens (tertiary/aromatic N) is 1. The van der Waals surface area contributed by atoms with E-state index in [4.69, 9.17) is 5.73 Å². The van der Waals surface area contributed by atoms with Crippen LogP contribution in [0.4, 0.5) is 0 Å². The number of hydrogen-bond donors (Lipinski definition) is 1. The highest BCUT2D eigenvalue weighted by atomic mass is 16.1. The third-order valence-electron chi connectivity index (χ3n) is 3.82. The molecular formula is C16H22N2O. The molecule has 0 saturated carbocycles. The van der Waals surface area contributed by atoms with Gasteiger partial charge in [-0.1, -0.05) is 42.5 Å². The van der Waals surface area contributed by atoms with Crippen molar-refractivity contribution in [2.75, 3.05) is 7.05 Å². The van der Waals surface area contributed by atoms with Crippen LogP contribution in [0, 0.1) is 0 Å². The summed E-state index contributed by atoms with van der Waals surface area (Å²) in [5.41, 5.74) is 6.57. The molecule has 3 nitrogen and oxygen atoms in total. The van der Waals surface area contributed by atoms with Crippen LogP contribution < -0.4 is 5.73 Å². The molecule has 19 heavy (non-hydrogen) atoms. The first-order chi connectivity index (χ1) is 9.18. The van der Waals surface area contributed by atoms with Crippen molar-refractivity contribution in [3.8, 4) is 0 Å². The maximum Gasteiger partial charge on any atom is 0.219 e. The van der Waals surface area contributed by atoms with E-state index in [2.05, 4.69) is 36.2 Å². The summed E-state index contributed by atoms with van der Waals surface area (Å²) < 4.78 is 0. The van der Waals surface area contributed by atoms with E-state index in [1.807, 2.05) is 18.2 Å². The number of allylic oxidation sites excluding steroid dienone is 1. The van der Waals surface area contributed by atoms with Crippen molar-refractivity contribution in [3.05, 3.63) is 48.0 Å². The van der Waals surface area contributed by atoms with Gasteiger partial charge in [0.25, 0.3) is 0 Å². The van der Waals surface area contributed by atoms with E-state index in [-0.39, 0.29) is 11.9 Å². The van der Waals surface area contributed by atoms with Crippen molar-refractivity contribution < 1.29 is 4.79 Å². The van der Waals surface area contributed by atoms with Gasteiger partial charge < -0.3 is 5.73 Å². The number of rotatable bonds is 5. The number of amides is 1. The Balaban J connectivity index is 2.19. The van der Waals surface area contributed by atoms with Crippen LogP contribution in [0.15, 0.2) is 42.5 Å². The zero-order chi connectivity index (χ0) is 13.7. The Morgan fingerprint density at radius 1 is 1.42 bits per heavy atom. The minimum absolute atomic E-state index is 0.0615. The second-order valence-corrected chi connectivity index (χ2v) is 5.19. The van der Waals surface area contributed by atoms with Gasteiger partial charge in [-0.15, -0.1) is 0 Å². The zero-order valence-corrected chi connectivity index (χ0v) is 11.5. The molecule has 1 aromatic carbocycles. The maximum absolute atomic E-state index is 11.3. The average molecular weight is 258 g/mol. The number of hydrogen-bond acceptors (Lipinski definition) is 2. The van der Waals surface area contributed by atoms with Gasteiger partial charge in [-0.2, -0.15) is 0 Å². The van der Waals surface area contributed by atoms with Crippen LogP contribution in [0.5, 0.6) is 0 Å². The Labute approximate surface area is 115 Å². The van der Waals surface area contributed by atoms with Gasteiger partial charge in [0.05, 0.1) is 0 Å². The molecule has 2 atom stereocenters. The molecule has 0 spiro atoms. The van der Waals surface area contributed by atoms with Crippen molar-refractivity contribution in [2.45, 2.75) is 37.8 Å². The van der Waals surface area contributed by atoms with E-state index in [0.29, 0.717) is 12.5 Å². The normalized spacial score (nSPS) is 20.4. The predicted molar refractivity (Wildman–Crippen MR) is 77.5 cm³/mol. The van der Waals surface area contributed by atoms with Crippen LogP contribution in [0.2, 0.25) is 0 Å². The highest BCUT2D eigenvalue weighted by molar-refractivity contribution is 5.74. The van der Waals surface area contributed by atoms with Crippen molar-refractivity contribution >= 4 is 5.91 Å². The molecule has 0 heterocycles. The summed E-state index contributed by atoms with van der Waals surface area (Å²) in [6.07, 6.45) is 8.37. The molecule has 0 radical (unpaired) electrons. The number of carbonyl (C=O) groups is 1. The van der Waals surface area contributed by atoms with Crippen LogP contribution >= 0.6 is 0 Å². The molecule has 2 rings (SSSR count). The number of nitrogens with two attached hydrogens (primary N) is 1. The lowest BCUT2D eigenvalue weighted by Gasteiger charge is -2.34. The molecule has 1 aromatic rings. The number of primary amides is 1. The topological polar surface area (TPSA) is 46.3 Å². The Bertz CT molecular complexity index is 441. The second kappa shape index (κ2) is 6.53. The van der Waals surface area contributed by atoms with E-state index < -0.39 is 0 Å². The Hall–Kier alpha value is -1.61. The minimum Gasteiger partial charge on any atom is -0.370 e. The van der Waals surface area contributed by atoms with Gasteiger partial charge in [-0.05, 0) is 31.9 Å². The number of likely N-dealkylation sites (N-methyl/N-ethyl adjacent to an activating group) is 1. The minimum atomic E-state index is -0.250. The van der Waals surface area contributed by atoms with Gasteiger partial charge >= 0.3 is 0 Å². The van der Waals surface area contributed by atoms with Gasteiger partial charge in [-0.25, -0.2) is 0 Å². The number of carbonyl (C=O) groups excluding carboxylic acids is 1. The predicted octanol–water partition coefficient (Wildman–Crippen LogP) is 2.64. The van der Waals surface area contributed by atoms with Crippen molar-refractivity contribution in [2.24, 2.45) is 5.73 Å². The molecule has 0 aromatic heterocycles. The monoisotopic (exact) mass is 258 g/mol. The molecule has 0 aliphatic heterocycles. The molecule has 2 N–H and O–H groups in total. The molecule has 1 aliphatic carbocycles. The van der Waals surface area contributed by atoms with Crippen LogP contribution in [0.1, 0.15) is 37.3 Å². The quantitative estimate of drug-likeness (QED) is 0.825. The van der Waals surface area contributed by atoms with E-state index in [1.165, 1.54) is 6.42 Å². The fraction of sp³-hybridized carbons (Fsp3) is 0.438. The zero-order valence-electron chi connectivity index (χ0n) is 11.5. The van der Waals surface area contributed by atoms with E-state index in [1.54, 1.807) is 0 Å². The van der Waals surface area contributed by atoms with Crippen LogP contribution in [-0.2, 0) is 4.79 Å². The highest BCUT2D eigenvalue weighted by Crippen LogP contribution is 2.28. The Morgan fingerprint density at radius 3 is 2.74 bits per heavy atom. The van der Waals surface area contributed by atoms with Gasteiger partial charge in [-0.3, -0.25) is 9.69 Å². The summed E-state index contributed by atoms with van der Waals surface area (Å²) in [6, 6.07) is 10.6. The van der Waals surface area contributed by atoms with Crippen molar-refractivity contribution in [1.29, 1.82) is 0 Å². The Kier molecular flexibility index (Phi) is 4.74. The molecular weight excluding hydrogens is 236 g/mol. The summed E-state index contributed by atoms with van der Waals surface area (Å²) in [4.78, 5) is 13.6. The third-order valence-corrected chi connectivity index (χ3v) is 3.82. The molecule has 0 saturated heterocycles. The lowest BCUT2D eigenvalue weighted by atomic mass is 9.96. The average Bonchev–Trinajstić information content (AvgIpc) is 2.46. The smallest absolute Gasteiger partial charge is 0.219 e. The molecule has 102 valence electrons. The summed E-state index contributed by atoms with van der Waals surface area (Å²) in [7, 11) is 2.08. The summed E-state index contributed by atoms with van der Waals surface area (Å²) in [5, 5.41) is 0. The van der Waals surface area contributed by atoms with Gasteiger partial charge in [0.2, 0.25) is 5.91 Å². The third kappa shape index (κ3) is 3.67. The lowest BCUT2D eigenvalue weighted by molar-refractivity contribution is -0.119. The Morgan fingerprint density at radius 2 is 2.16 bits per heavy atom. The molecule has 2 unspecified atom stereocenters. The van der Waals surface area contributed by atoms with E-state index >= 15 is 0 Å². The van der Waals surface area contributed by atoms with Crippen LogP contribution in [0.25, 0.3) is 0 Å². The van der Waals surface area contributed by atoms with Crippen molar-refractivity contribution in [3.63, 3.8) is 0 Å². The molecule has 0 bridgehead atoms. The number of benzene rings is 1. The SMILES string of the molecule is CN(C1C=CCCC1)C(CC(N)=O)c1ccccc1. The summed E-state index contributed by atoms with van der Waals surface area (Å²) in [6.45, 7) is 0. The summed E-state index contributed by atoms with van der Waals surface area (Å²) >= 11 is 0. The fourth-order valence-corrected chi connectivity index (χ4v) is 2.73. The van der Waals surface area contributed by atoms with Crippen LogP contribution in [0.3, 0.4) is 0 Å². The van der Waals surface area contributed by atoms with Gasteiger partial charge in [0.15, 0.2) is 0 Å². The fourth-order valence-electron chi connectivity index (χ4n) is 2.73. The second-order valence-electron chi connectivity index (χ2n) is 5.19. The molecule has 1 amide bonds. The molecule has 1 aliphatic rings. The molecule has 3 heteroatoms. The maximum atomic E-state index is 11.3. The lowest BCUT2D eigenvalue weighted by Crippen LogP contribution is -2.36. The molecule has 0 fully saturated rings. The first-order valence-corrected chi connectivity index (χ1v) is 6.90. The van der Waals surface area contributed by atoms with Gasteiger partial charge in [0.1, 0.15) is 0 Å². The summed E-state index contributed by atoms with van der Waals surface area (Å²) in [5.74, 6) is -0.250. The highest BCUT2D eigenvalue weighted by Gasteiger charge is 2.24. The first kappa shape index (κ1) is 13.8. The van der Waals surface area contributed by atoms with E-state index in [0.717, 1.165) is 18.4 Å². The standard InChI is InChI=1S/C16H22N2O/c1-18(14-10-6-3-7-11-14)15(12-16(17)19)13-8-4-2-5-9-13/h2,4-6,8-10,14-15H,3,7,11-12H2,1H3,(H2,17,19). The van der Waals surface area contributed by atoms with Crippen molar-refractivity contribution in [1.82, 2.24) is 4.90 Å². The van der Waals surface area contributed by atoms with E-state index in [9.17, 15) is 4.79 Å². The van der Waals surface area contributed by atoms with Crippen LogP contribution in [-0.4, -0.2) is 23.9 Å².